The third kappa shape index (κ3) is 9.48. The van der Waals surface area contributed by atoms with Gasteiger partial charge in [0.2, 0.25) is 12.4 Å². The van der Waals surface area contributed by atoms with Gasteiger partial charge in [-0.3, -0.25) is 19.2 Å². The first kappa shape index (κ1) is 30.5. The van der Waals surface area contributed by atoms with E-state index in [2.05, 4.69) is 0 Å². The first-order valence-corrected chi connectivity index (χ1v) is 14.0. The van der Waals surface area contributed by atoms with Crippen molar-refractivity contribution in [1.29, 1.82) is 0 Å². The van der Waals surface area contributed by atoms with Gasteiger partial charge in [-0.25, -0.2) is 0 Å². The van der Waals surface area contributed by atoms with Crippen LogP contribution in [0, 0.1) is 21.7 Å². The minimum absolute atomic E-state index is 0.00534. The molecular weight excluding hydrogens is 572 g/mol. The number of carbonyl (C=O) groups is 4. The molecule has 0 spiro atoms. The van der Waals surface area contributed by atoms with Gasteiger partial charge in [-0.15, -0.1) is 0 Å². The molecule has 44 heavy (non-hydrogen) atoms. The fourth-order valence-electron chi connectivity index (χ4n) is 3.50. The van der Waals surface area contributed by atoms with E-state index in [1.54, 1.807) is 0 Å². The molecule has 0 bridgehead atoms. The zero-order valence-electron chi connectivity index (χ0n) is 30.9. The normalized spacial score (nSPS) is 24.0. The lowest BCUT2D eigenvalue weighted by Gasteiger charge is -2.45. The monoisotopic (exact) mass is 626 g/mol. The quantitative estimate of drug-likeness (QED) is 0.248. The van der Waals surface area contributed by atoms with Crippen molar-refractivity contribution in [2.75, 3.05) is 18.1 Å². The van der Waals surface area contributed by atoms with Crippen molar-refractivity contribution >= 4 is 35.3 Å². The number of nitrogens with two attached hydrogens (primary N) is 2. The number of rotatable bonds is 7. The highest BCUT2D eigenvalue weighted by molar-refractivity contribution is 5.78. The maximum atomic E-state index is 13.5. The van der Waals surface area contributed by atoms with E-state index < -0.39 is 89.7 Å². The Hall–Kier alpha value is -3.54. The van der Waals surface area contributed by atoms with Crippen LogP contribution in [-0.4, -0.2) is 61.2 Å². The van der Waals surface area contributed by atoms with E-state index in [1.165, 1.54) is 73.6 Å². The van der Waals surface area contributed by atoms with Crippen LogP contribution in [0.2, 0.25) is 0 Å². The van der Waals surface area contributed by atoms with E-state index in [-0.39, 0.29) is 37.8 Å². The van der Waals surface area contributed by atoms with E-state index in [9.17, 15) is 19.2 Å². The number of benzene rings is 1. The molecule has 0 aliphatic carbocycles. The Kier molecular flexibility index (Phi) is 9.16. The van der Waals surface area contributed by atoms with E-state index in [4.69, 9.17) is 45.4 Å². The molecule has 0 saturated carbocycles. The smallest absolute Gasteiger partial charge is 0.311 e. The number of para-hydroxylation sites is 1. The third-order valence-corrected chi connectivity index (χ3v) is 6.25. The van der Waals surface area contributed by atoms with Crippen molar-refractivity contribution in [3.8, 4) is 5.75 Å². The highest BCUT2D eigenvalue weighted by Crippen LogP contribution is 2.37. The largest absolute Gasteiger partial charge is 0.462 e. The molecule has 1 heterocycles. The minimum atomic E-state index is -1.69. The second-order valence-corrected chi connectivity index (χ2v) is 13.7. The highest BCUT2D eigenvalue weighted by atomic mass is 16.7. The predicted molar refractivity (Wildman–Crippen MR) is 163 cm³/mol. The molecule has 1 saturated heterocycles. The van der Waals surface area contributed by atoms with Crippen LogP contribution in [-0.2, 0) is 42.9 Å². The van der Waals surface area contributed by atoms with Gasteiger partial charge in [0.05, 0.1) is 33.0 Å². The molecule has 4 N–H and O–H groups in total. The Morgan fingerprint density at radius 3 is 1.68 bits per heavy atom. The Balaban J connectivity index is 2.81. The van der Waals surface area contributed by atoms with E-state index >= 15 is 0 Å². The molecule has 1 aliphatic rings. The van der Waals surface area contributed by atoms with Gasteiger partial charge in [-0.05, 0) is 95.1 Å². The summed E-state index contributed by atoms with van der Waals surface area (Å²) < 4.78 is 66.8. The Morgan fingerprint density at radius 2 is 1.18 bits per heavy atom. The van der Waals surface area contributed by atoms with Crippen molar-refractivity contribution in [2.45, 2.75) is 114 Å². The molecule has 12 heteroatoms. The first-order valence-electron chi connectivity index (χ1n) is 16.8. The van der Waals surface area contributed by atoms with E-state index in [1.807, 2.05) is 0 Å². The molecular formula is C32H50N2O10. The molecule has 1 aliphatic heterocycles. The van der Waals surface area contributed by atoms with E-state index in [0.717, 1.165) is 0 Å². The number of nitrogen functional groups attached to an aromatic ring is 2. The van der Waals surface area contributed by atoms with E-state index in [0.29, 0.717) is 0 Å². The van der Waals surface area contributed by atoms with Crippen LogP contribution < -0.4 is 16.2 Å². The van der Waals surface area contributed by atoms with Crippen molar-refractivity contribution in [2.24, 2.45) is 21.7 Å². The van der Waals surface area contributed by atoms with Crippen LogP contribution in [0.25, 0.3) is 0 Å². The number of esters is 4. The van der Waals surface area contributed by atoms with Gasteiger partial charge in [0, 0.05) is 5.48 Å². The summed E-state index contributed by atoms with van der Waals surface area (Å²) in [6.45, 7) is 9.71. The number of hydrogen-bond donors (Lipinski definition) is 2. The average Bonchev–Trinajstić information content (AvgIpc) is 3.03. The summed E-state index contributed by atoms with van der Waals surface area (Å²) in [4.78, 5) is 53.3. The standard InChI is InChI=1S/C32H50N2O10/c1-29(2,3)25(35)39-16-19-21(42-26(36)30(4,5)6)22(43-27(37)31(7,8)9)23(44-28(38)32(10,11)12)24(41-19)40-18-15-13-14-17(33)20(18)34/h13-15,19,21-24H,16,33-34H2,1-12H3/t19-,21-,22+,23-,24?/m1/s1/i1D,4D,7D,10D. The van der Waals surface area contributed by atoms with Gasteiger partial charge in [0.15, 0.2) is 12.2 Å². The van der Waals surface area contributed by atoms with Crippen LogP contribution >= 0.6 is 0 Å². The Labute approximate surface area is 266 Å². The highest BCUT2D eigenvalue weighted by Gasteiger charge is 2.55. The number of carbonyl (C=O) groups excluding carboxylic acids is 4. The van der Waals surface area contributed by atoms with Crippen LogP contribution in [0.4, 0.5) is 11.4 Å². The van der Waals surface area contributed by atoms with Crippen LogP contribution in [0.3, 0.4) is 0 Å². The topological polar surface area (TPSA) is 176 Å². The Bertz CT molecular complexity index is 1320. The van der Waals surface area contributed by atoms with Gasteiger partial charge in [-0.1, -0.05) is 6.07 Å². The summed E-state index contributed by atoms with van der Waals surface area (Å²) >= 11 is 0. The third-order valence-electron chi connectivity index (χ3n) is 6.25. The molecule has 5 atom stereocenters. The SMILES string of the molecule is [2H]CC(C)(C)C(=O)OC[C@H]1OC(Oc2cccc(N)c2N)[C@H](OC(=O)C(C)(C)C[2H])[C@@H](OC(=O)C(C)(C)C[2H])[C@@H]1OC(=O)C(C)(C)C[2H]. The summed E-state index contributed by atoms with van der Waals surface area (Å²) in [7, 11) is 0. The van der Waals surface area contributed by atoms with Crippen LogP contribution in [0.15, 0.2) is 18.2 Å². The molecule has 248 valence electrons. The second-order valence-electron chi connectivity index (χ2n) is 13.7. The van der Waals surface area contributed by atoms with Gasteiger partial charge in [0.1, 0.15) is 18.5 Å². The zero-order chi connectivity index (χ0) is 36.8. The van der Waals surface area contributed by atoms with Gasteiger partial charge in [-0.2, -0.15) is 0 Å². The van der Waals surface area contributed by atoms with Crippen molar-refractivity contribution in [1.82, 2.24) is 0 Å². The molecule has 0 amide bonds. The fraction of sp³-hybridized carbons (Fsp3) is 0.688. The lowest BCUT2D eigenvalue weighted by Crippen LogP contribution is -2.65. The molecule has 0 aromatic heterocycles. The Morgan fingerprint density at radius 1 is 0.727 bits per heavy atom. The van der Waals surface area contributed by atoms with Crippen molar-refractivity contribution < 1.29 is 53.1 Å². The number of ether oxygens (including phenoxy) is 6. The number of hydrogen-bond acceptors (Lipinski definition) is 12. The van der Waals surface area contributed by atoms with Crippen LogP contribution in [0.5, 0.6) is 5.75 Å². The van der Waals surface area contributed by atoms with Crippen LogP contribution in [0.1, 0.15) is 88.5 Å². The molecule has 0 radical (unpaired) electrons. The molecule has 1 unspecified atom stereocenters. The lowest BCUT2D eigenvalue weighted by atomic mass is 9.93. The first-order chi connectivity index (χ1) is 22.1. The van der Waals surface area contributed by atoms with Crippen molar-refractivity contribution in [3.05, 3.63) is 18.2 Å². The fourth-order valence-corrected chi connectivity index (χ4v) is 3.50. The molecule has 12 nitrogen and oxygen atoms in total. The molecule has 1 fully saturated rings. The second kappa shape index (κ2) is 13.2. The average molecular weight is 627 g/mol. The molecule has 1 aromatic carbocycles. The van der Waals surface area contributed by atoms with Gasteiger partial charge >= 0.3 is 23.9 Å². The summed E-state index contributed by atoms with van der Waals surface area (Å²) in [5.74, 6) is -3.50. The summed E-state index contributed by atoms with van der Waals surface area (Å²) in [6, 6.07) is 4.52. The zero-order valence-corrected chi connectivity index (χ0v) is 26.9. The maximum Gasteiger partial charge on any atom is 0.311 e. The number of anilines is 2. The van der Waals surface area contributed by atoms with Gasteiger partial charge < -0.3 is 39.9 Å². The summed E-state index contributed by atoms with van der Waals surface area (Å²) in [5, 5.41) is 0. The summed E-state index contributed by atoms with van der Waals surface area (Å²) in [5.41, 5.74) is 6.99. The molecule has 1 aromatic rings. The maximum absolute atomic E-state index is 13.5. The van der Waals surface area contributed by atoms with Crippen molar-refractivity contribution in [3.63, 3.8) is 0 Å². The van der Waals surface area contributed by atoms with Gasteiger partial charge in [0.25, 0.3) is 0 Å². The summed E-state index contributed by atoms with van der Waals surface area (Å²) in [6.07, 6.45) is -8.06. The predicted octanol–water partition coefficient (Wildman–Crippen LogP) is 4.42. The lowest BCUT2D eigenvalue weighted by molar-refractivity contribution is -0.293. The molecule has 2 rings (SSSR count). The minimum Gasteiger partial charge on any atom is -0.462 e.